The van der Waals surface area contributed by atoms with Crippen molar-refractivity contribution in [2.45, 2.75) is 13.0 Å². The highest BCUT2D eigenvalue weighted by atomic mass is 35.5. The Hall–Kier alpha value is -1.66. The van der Waals surface area contributed by atoms with Gasteiger partial charge in [0.25, 0.3) is 6.43 Å². The lowest BCUT2D eigenvalue weighted by Crippen LogP contribution is -1.98. The first kappa shape index (κ1) is 13.8. The highest BCUT2D eigenvalue weighted by molar-refractivity contribution is 6.30. The summed E-state index contributed by atoms with van der Waals surface area (Å²) in [5.74, 6) is 0.549. The van der Waals surface area contributed by atoms with E-state index in [-0.39, 0.29) is 10.7 Å². The predicted octanol–water partition coefficient (Wildman–Crippen LogP) is 2.96. The van der Waals surface area contributed by atoms with E-state index in [1.165, 1.54) is 7.11 Å². The van der Waals surface area contributed by atoms with Gasteiger partial charge in [0, 0.05) is 11.6 Å². The minimum Gasteiger partial charge on any atom is -0.497 e. The number of alkyl halides is 2. The predicted molar refractivity (Wildman–Crippen MR) is 66.0 cm³/mol. The number of ether oxygens (including phenoxy) is 1. The third kappa shape index (κ3) is 2.54. The molecule has 0 saturated heterocycles. The molecule has 2 rings (SSSR count). The van der Waals surface area contributed by atoms with E-state index in [9.17, 15) is 8.78 Å². The Kier molecular flexibility index (Phi) is 4.01. The van der Waals surface area contributed by atoms with Gasteiger partial charge in [-0.2, -0.15) is 5.10 Å². The van der Waals surface area contributed by atoms with Gasteiger partial charge in [0.2, 0.25) is 0 Å². The Bertz CT molecular complexity index is 587. The molecule has 0 aliphatic rings. The molecule has 1 aromatic carbocycles. The van der Waals surface area contributed by atoms with Crippen LogP contribution < -0.4 is 4.74 Å². The van der Waals surface area contributed by atoms with Crippen LogP contribution in [-0.2, 0) is 6.61 Å². The first-order valence-electron chi connectivity index (χ1n) is 5.39. The summed E-state index contributed by atoms with van der Waals surface area (Å²) in [5.41, 5.74) is -0.110. The maximum Gasteiger partial charge on any atom is 0.282 e. The Morgan fingerprint density at radius 1 is 1.47 bits per heavy atom. The minimum absolute atomic E-state index is 0.0361. The molecule has 0 saturated carbocycles. The van der Waals surface area contributed by atoms with Crippen LogP contribution >= 0.6 is 11.6 Å². The lowest BCUT2D eigenvalue weighted by Gasteiger charge is -2.05. The number of rotatable bonds is 4. The number of hydrogen-bond donors (Lipinski definition) is 1. The van der Waals surface area contributed by atoms with Crippen molar-refractivity contribution in [3.8, 4) is 11.4 Å². The summed E-state index contributed by atoms with van der Waals surface area (Å²) in [6, 6.07) is 6.65. The van der Waals surface area contributed by atoms with Gasteiger partial charge >= 0.3 is 0 Å². The summed E-state index contributed by atoms with van der Waals surface area (Å²) in [7, 11) is 1.49. The molecule has 2 aromatic rings. The van der Waals surface area contributed by atoms with Crippen molar-refractivity contribution in [1.29, 1.82) is 0 Å². The lowest BCUT2D eigenvalue weighted by atomic mass is 10.2. The fourth-order valence-electron chi connectivity index (χ4n) is 1.68. The van der Waals surface area contributed by atoms with Gasteiger partial charge in [0.15, 0.2) is 0 Å². The van der Waals surface area contributed by atoms with E-state index in [1.807, 2.05) is 0 Å². The summed E-state index contributed by atoms with van der Waals surface area (Å²) in [6.45, 7) is -0.595. The number of aromatic nitrogens is 2. The van der Waals surface area contributed by atoms with Crippen LogP contribution in [0, 0.1) is 0 Å². The quantitative estimate of drug-likeness (QED) is 0.941. The molecule has 0 unspecified atom stereocenters. The number of methoxy groups -OCH3 is 1. The van der Waals surface area contributed by atoms with E-state index >= 15 is 0 Å². The van der Waals surface area contributed by atoms with E-state index in [1.54, 1.807) is 24.3 Å². The summed E-state index contributed by atoms with van der Waals surface area (Å²) in [4.78, 5) is 0. The van der Waals surface area contributed by atoms with Crippen LogP contribution in [0.2, 0.25) is 5.15 Å². The van der Waals surface area contributed by atoms with E-state index in [2.05, 4.69) is 5.10 Å². The highest BCUT2D eigenvalue weighted by Crippen LogP contribution is 2.30. The SMILES string of the molecule is COc1cccc(-n2nc(C(F)F)c(CO)c2Cl)c1. The zero-order chi connectivity index (χ0) is 14.0. The fraction of sp³-hybridized carbons (Fsp3) is 0.250. The van der Waals surface area contributed by atoms with Gasteiger partial charge in [0.05, 0.1) is 19.4 Å². The summed E-state index contributed by atoms with van der Waals surface area (Å²) < 4.78 is 31.8. The molecule has 0 bridgehead atoms. The average Bonchev–Trinajstić information content (AvgIpc) is 2.76. The van der Waals surface area contributed by atoms with Crippen molar-refractivity contribution in [2.75, 3.05) is 7.11 Å². The maximum absolute atomic E-state index is 12.8. The molecular formula is C12H11ClF2N2O2. The van der Waals surface area contributed by atoms with Crippen LogP contribution in [0.1, 0.15) is 17.7 Å². The second kappa shape index (κ2) is 5.54. The summed E-state index contributed by atoms with van der Waals surface area (Å²) in [6.07, 6.45) is -2.80. The molecule has 0 amide bonds. The molecule has 0 fully saturated rings. The second-order valence-electron chi connectivity index (χ2n) is 3.73. The van der Waals surface area contributed by atoms with Gasteiger partial charge in [-0.1, -0.05) is 17.7 Å². The van der Waals surface area contributed by atoms with Crippen molar-refractivity contribution in [1.82, 2.24) is 9.78 Å². The molecule has 1 N–H and O–H groups in total. The van der Waals surface area contributed by atoms with Gasteiger partial charge in [-0.05, 0) is 12.1 Å². The van der Waals surface area contributed by atoms with Crippen LogP contribution in [0.4, 0.5) is 8.78 Å². The van der Waals surface area contributed by atoms with Crippen molar-refractivity contribution >= 4 is 11.6 Å². The van der Waals surface area contributed by atoms with E-state index in [0.29, 0.717) is 11.4 Å². The van der Waals surface area contributed by atoms with Crippen molar-refractivity contribution in [2.24, 2.45) is 0 Å². The average molecular weight is 289 g/mol. The number of aliphatic hydroxyl groups excluding tert-OH is 1. The third-order valence-corrected chi connectivity index (χ3v) is 3.00. The Morgan fingerprint density at radius 3 is 2.74 bits per heavy atom. The van der Waals surface area contributed by atoms with E-state index in [0.717, 1.165) is 4.68 Å². The number of benzene rings is 1. The van der Waals surface area contributed by atoms with Crippen molar-refractivity contribution < 1.29 is 18.6 Å². The second-order valence-corrected chi connectivity index (χ2v) is 4.08. The Labute approximate surface area is 113 Å². The first-order chi connectivity index (χ1) is 9.08. The zero-order valence-electron chi connectivity index (χ0n) is 9.98. The number of halogens is 3. The van der Waals surface area contributed by atoms with Gasteiger partial charge in [0.1, 0.15) is 16.6 Å². The van der Waals surface area contributed by atoms with Gasteiger partial charge in [-0.15, -0.1) is 0 Å². The van der Waals surface area contributed by atoms with Gasteiger partial charge in [-0.3, -0.25) is 0 Å². The molecule has 0 aliphatic heterocycles. The van der Waals surface area contributed by atoms with Gasteiger partial charge < -0.3 is 9.84 Å². The minimum atomic E-state index is -2.80. The summed E-state index contributed by atoms with van der Waals surface area (Å²) >= 11 is 5.97. The fourth-order valence-corrected chi connectivity index (χ4v) is 1.97. The number of nitrogens with zero attached hydrogens (tertiary/aromatic N) is 2. The molecule has 102 valence electrons. The first-order valence-corrected chi connectivity index (χ1v) is 5.77. The van der Waals surface area contributed by atoms with Crippen molar-refractivity contribution in [3.63, 3.8) is 0 Å². The number of aliphatic hydroxyl groups is 1. The van der Waals surface area contributed by atoms with Crippen LogP contribution in [0.5, 0.6) is 5.75 Å². The summed E-state index contributed by atoms with van der Waals surface area (Å²) in [5, 5.41) is 12.8. The Balaban J connectivity index is 2.55. The molecule has 0 spiro atoms. The maximum atomic E-state index is 12.8. The van der Waals surface area contributed by atoms with Crippen LogP contribution in [0.3, 0.4) is 0 Å². The molecule has 4 nitrogen and oxygen atoms in total. The van der Waals surface area contributed by atoms with E-state index < -0.39 is 18.7 Å². The Morgan fingerprint density at radius 2 is 2.21 bits per heavy atom. The normalized spacial score (nSPS) is 11.1. The molecule has 1 heterocycles. The molecule has 0 radical (unpaired) electrons. The molecule has 7 heteroatoms. The largest absolute Gasteiger partial charge is 0.497 e. The molecule has 0 aliphatic carbocycles. The molecular weight excluding hydrogens is 278 g/mol. The van der Waals surface area contributed by atoms with Gasteiger partial charge in [-0.25, -0.2) is 13.5 Å². The number of hydrogen-bond acceptors (Lipinski definition) is 3. The monoisotopic (exact) mass is 288 g/mol. The van der Waals surface area contributed by atoms with Crippen LogP contribution in [0.15, 0.2) is 24.3 Å². The molecule has 19 heavy (non-hydrogen) atoms. The topological polar surface area (TPSA) is 47.3 Å². The standard InChI is InChI=1S/C12H11ClF2N2O2/c1-19-8-4-2-3-7(5-8)17-11(13)9(6-18)10(16-17)12(14)15/h2-5,12,18H,6H2,1H3. The highest BCUT2D eigenvalue weighted by Gasteiger charge is 2.23. The van der Waals surface area contributed by atoms with E-state index in [4.69, 9.17) is 21.4 Å². The zero-order valence-corrected chi connectivity index (χ0v) is 10.7. The van der Waals surface area contributed by atoms with Crippen LogP contribution in [0.25, 0.3) is 5.69 Å². The van der Waals surface area contributed by atoms with Crippen LogP contribution in [-0.4, -0.2) is 22.0 Å². The third-order valence-electron chi connectivity index (χ3n) is 2.61. The molecule has 1 aromatic heterocycles. The lowest BCUT2D eigenvalue weighted by molar-refractivity contribution is 0.141. The van der Waals surface area contributed by atoms with Crippen molar-refractivity contribution in [3.05, 3.63) is 40.7 Å². The molecule has 0 atom stereocenters. The smallest absolute Gasteiger partial charge is 0.282 e.